The third kappa shape index (κ3) is 40.7. The zero-order valence-electron chi connectivity index (χ0n) is 34.2. The monoisotopic (exact) mass is 790 g/mol. The fourth-order valence-electron chi connectivity index (χ4n) is 5.02. The second-order valence-electron chi connectivity index (χ2n) is 13.4. The minimum absolute atomic E-state index is 0.0704. The molecular weight excluding hydrogens is 713 g/mol. The molecule has 0 fully saturated rings. The molecule has 0 radical (unpaired) electrons. The van der Waals surface area contributed by atoms with Gasteiger partial charge in [0, 0.05) is 13.0 Å². The molecular formula is C45H76NO8P. The van der Waals surface area contributed by atoms with Gasteiger partial charge in [0.15, 0.2) is 6.10 Å². The van der Waals surface area contributed by atoms with Crippen LogP contribution >= 0.6 is 7.82 Å². The average molecular weight is 790 g/mol. The number of allylic oxidation sites excluding steroid dienone is 13. The van der Waals surface area contributed by atoms with Crippen molar-refractivity contribution in [2.24, 2.45) is 5.73 Å². The van der Waals surface area contributed by atoms with Gasteiger partial charge < -0.3 is 25.2 Å². The van der Waals surface area contributed by atoms with Crippen LogP contribution in [0.2, 0.25) is 0 Å². The zero-order valence-corrected chi connectivity index (χ0v) is 35.1. The molecule has 0 aliphatic heterocycles. The number of hydrogen-bond acceptors (Lipinski definition) is 8. The molecule has 4 N–H and O–H groups in total. The molecule has 0 spiro atoms. The summed E-state index contributed by atoms with van der Waals surface area (Å²) in [6.45, 7) is 3.85. The van der Waals surface area contributed by atoms with Gasteiger partial charge in [-0.2, -0.15) is 0 Å². The van der Waals surface area contributed by atoms with E-state index in [0.717, 1.165) is 44.9 Å². The van der Waals surface area contributed by atoms with Crippen LogP contribution < -0.4 is 5.73 Å². The molecule has 3 atom stereocenters. The smallest absolute Gasteiger partial charge is 0.472 e. The topological polar surface area (TPSA) is 138 Å². The van der Waals surface area contributed by atoms with E-state index in [1.807, 2.05) is 36.5 Å². The maximum Gasteiger partial charge on any atom is 0.472 e. The summed E-state index contributed by atoms with van der Waals surface area (Å²) in [6, 6.07) is 0. The number of rotatable bonds is 38. The van der Waals surface area contributed by atoms with E-state index in [2.05, 4.69) is 62.5 Å². The molecule has 0 aromatic heterocycles. The van der Waals surface area contributed by atoms with Gasteiger partial charge in [-0.15, -0.1) is 0 Å². The van der Waals surface area contributed by atoms with Gasteiger partial charge in [-0.1, -0.05) is 144 Å². The maximum atomic E-state index is 12.4. The highest BCUT2D eigenvalue weighted by Gasteiger charge is 2.24. The van der Waals surface area contributed by atoms with Crippen molar-refractivity contribution in [3.05, 3.63) is 97.4 Å². The summed E-state index contributed by atoms with van der Waals surface area (Å²) in [4.78, 5) is 22.2. The molecule has 9 nitrogen and oxygen atoms in total. The Labute approximate surface area is 334 Å². The SMILES string of the molecule is CC/C=C\C/C=C\C/C=C\C/C=C\C=C/C(O)C/C=C\CCC(=O)OC[C@H](COP(=O)(O)OCCN)O/C=C/CCCCCCCC/C=C\CCCCCC. The van der Waals surface area contributed by atoms with Crippen molar-refractivity contribution >= 4 is 13.8 Å². The zero-order chi connectivity index (χ0) is 40.3. The molecule has 0 aromatic rings. The first kappa shape index (κ1) is 52.2. The minimum Gasteiger partial charge on any atom is -0.492 e. The highest BCUT2D eigenvalue weighted by atomic mass is 31.2. The lowest BCUT2D eigenvalue weighted by atomic mass is 10.1. The Kier molecular flexibility index (Phi) is 38.8. The fourth-order valence-corrected chi connectivity index (χ4v) is 5.79. The van der Waals surface area contributed by atoms with Crippen molar-refractivity contribution in [2.45, 2.75) is 154 Å². The number of carbonyl (C=O) groups is 1. The largest absolute Gasteiger partial charge is 0.492 e. The van der Waals surface area contributed by atoms with E-state index in [4.69, 9.17) is 24.3 Å². The predicted molar refractivity (Wildman–Crippen MR) is 229 cm³/mol. The quantitative estimate of drug-likeness (QED) is 0.0139. The summed E-state index contributed by atoms with van der Waals surface area (Å²) in [6.07, 6.45) is 51.3. The highest BCUT2D eigenvalue weighted by Crippen LogP contribution is 2.43. The van der Waals surface area contributed by atoms with E-state index in [1.165, 1.54) is 70.5 Å². The van der Waals surface area contributed by atoms with Gasteiger partial charge in [0.05, 0.1) is 25.6 Å². The molecule has 0 aliphatic rings. The fraction of sp³-hybridized carbons (Fsp3) is 0.622. The lowest BCUT2D eigenvalue weighted by Crippen LogP contribution is -2.25. The Morgan fingerprint density at radius 3 is 1.89 bits per heavy atom. The van der Waals surface area contributed by atoms with Crippen LogP contribution in [0.5, 0.6) is 0 Å². The number of aliphatic hydroxyl groups excluding tert-OH is 1. The third-order valence-electron chi connectivity index (χ3n) is 8.17. The molecule has 0 saturated heterocycles. The Morgan fingerprint density at radius 2 is 1.25 bits per heavy atom. The molecule has 0 saturated carbocycles. The molecule has 0 heterocycles. The van der Waals surface area contributed by atoms with E-state index in [-0.39, 0.29) is 32.8 Å². The van der Waals surface area contributed by atoms with Gasteiger partial charge in [0.2, 0.25) is 0 Å². The highest BCUT2D eigenvalue weighted by molar-refractivity contribution is 7.47. The molecule has 0 aliphatic carbocycles. The molecule has 55 heavy (non-hydrogen) atoms. The van der Waals surface area contributed by atoms with Crippen molar-refractivity contribution < 1.29 is 37.9 Å². The number of esters is 1. The Bertz CT molecular complexity index is 1170. The minimum atomic E-state index is -4.32. The lowest BCUT2D eigenvalue weighted by Gasteiger charge is -2.19. The van der Waals surface area contributed by atoms with Crippen LogP contribution in [0, 0.1) is 0 Å². The van der Waals surface area contributed by atoms with E-state index >= 15 is 0 Å². The number of phosphoric acid groups is 1. The van der Waals surface area contributed by atoms with Crippen LogP contribution in [0.4, 0.5) is 0 Å². The first-order valence-electron chi connectivity index (χ1n) is 20.9. The van der Waals surface area contributed by atoms with E-state index in [1.54, 1.807) is 6.08 Å². The van der Waals surface area contributed by atoms with Crippen LogP contribution in [0.25, 0.3) is 0 Å². The molecule has 0 rings (SSSR count). The van der Waals surface area contributed by atoms with Gasteiger partial charge in [0.25, 0.3) is 0 Å². The first-order valence-corrected chi connectivity index (χ1v) is 22.4. The molecule has 2 unspecified atom stereocenters. The Balaban J connectivity index is 4.36. The number of unbranched alkanes of at least 4 members (excludes halogenated alkanes) is 11. The maximum absolute atomic E-state index is 12.4. The number of carbonyl (C=O) groups excluding carboxylic acids is 1. The molecule has 0 amide bonds. The van der Waals surface area contributed by atoms with Crippen LogP contribution in [0.3, 0.4) is 0 Å². The Hall–Kier alpha value is -2.78. The van der Waals surface area contributed by atoms with Crippen molar-refractivity contribution in [2.75, 3.05) is 26.4 Å². The normalized spacial score (nSPS) is 15.0. The summed E-state index contributed by atoms with van der Waals surface area (Å²) in [5, 5.41) is 10.2. The van der Waals surface area contributed by atoms with Crippen LogP contribution in [-0.2, 0) is 27.9 Å². The summed E-state index contributed by atoms with van der Waals surface area (Å²) in [5.74, 6) is -0.438. The molecule has 314 valence electrons. The van der Waals surface area contributed by atoms with E-state index in [0.29, 0.717) is 12.8 Å². The van der Waals surface area contributed by atoms with Crippen LogP contribution in [0.15, 0.2) is 97.4 Å². The van der Waals surface area contributed by atoms with Gasteiger partial charge in [0.1, 0.15) is 6.61 Å². The summed E-state index contributed by atoms with van der Waals surface area (Å²) in [5.41, 5.74) is 5.35. The van der Waals surface area contributed by atoms with Gasteiger partial charge in [-0.05, 0) is 83.1 Å². The molecule has 0 aromatic carbocycles. The second-order valence-corrected chi connectivity index (χ2v) is 14.8. The summed E-state index contributed by atoms with van der Waals surface area (Å²) >= 11 is 0. The standard InChI is InChI=1S/C45H76NO8P/c1-3-5-7-9-11-13-15-17-18-19-21-23-25-27-29-34-39-51-44(42-54-55(49,50)53-40-38-46)41-52-45(48)37-33-30-32-36-43(47)35-31-28-26-24-22-20-16-14-12-10-8-6-4-2/h6,8,12-15,20,22,26,28,30-32,34-35,39,43-44,47H,3-5,7,9-11,16-19,21,23-25,27,29,33,36-38,40-42,46H2,1-2H3,(H,49,50)/b8-6-,14-12-,15-13-,22-20-,28-26-,32-30-,35-31-,39-34+/t43?,44-/m1/s1. The van der Waals surface area contributed by atoms with Crippen molar-refractivity contribution in [3.8, 4) is 0 Å². The number of phosphoric ester groups is 1. The van der Waals surface area contributed by atoms with Gasteiger partial charge >= 0.3 is 13.8 Å². The predicted octanol–water partition coefficient (Wildman–Crippen LogP) is 11.6. The van der Waals surface area contributed by atoms with Gasteiger partial charge in [-0.25, -0.2) is 4.57 Å². The molecule has 10 heteroatoms. The number of aliphatic hydroxyl groups is 1. The summed E-state index contributed by atoms with van der Waals surface area (Å²) in [7, 11) is -4.32. The summed E-state index contributed by atoms with van der Waals surface area (Å²) < 4.78 is 33.0. The van der Waals surface area contributed by atoms with Crippen LogP contribution in [0.1, 0.15) is 142 Å². The number of hydrogen-bond donors (Lipinski definition) is 3. The third-order valence-corrected chi connectivity index (χ3v) is 9.15. The van der Waals surface area contributed by atoms with Crippen molar-refractivity contribution in [1.82, 2.24) is 0 Å². The second kappa shape index (κ2) is 40.9. The lowest BCUT2D eigenvalue weighted by molar-refractivity contribution is -0.147. The van der Waals surface area contributed by atoms with Gasteiger partial charge in [-0.3, -0.25) is 13.8 Å². The van der Waals surface area contributed by atoms with Crippen molar-refractivity contribution in [1.29, 1.82) is 0 Å². The van der Waals surface area contributed by atoms with Crippen LogP contribution in [-0.4, -0.2) is 54.5 Å². The van der Waals surface area contributed by atoms with E-state index < -0.39 is 26.0 Å². The average Bonchev–Trinajstić information content (AvgIpc) is 3.17. The number of nitrogens with two attached hydrogens (primary N) is 1. The van der Waals surface area contributed by atoms with Crippen molar-refractivity contribution in [3.63, 3.8) is 0 Å². The van der Waals surface area contributed by atoms with E-state index in [9.17, 15) is 19.4 Å². The molecule has 0 bridgehead atoms. The Morgan fingerprint density at radius 1 is 0.673 bits per heavy atom. The number of ether oxygens (including phenoxy) is 2. The first-order chi connectivity index (χ1) is 26.8.